The number of hydrogen-bond acceptors (Lipinski definition) is 3. The number of aromatic nitrogens is 3. The van der Waals surface area contributed by atoms with Gasteiger partial charge in [0.25, 0.3) is 5.56 Å². The maximum atomic E-state index is 12.6. The van der Waals surface area contributed by atoms with Gasteiger partial charge in [-0.2, -0.15) is 0 Å². The van der Waals surface area contributed by atoms with Crippen molar-refractivity contribution in [3.8, 4) is 11.3 Å². The molecule has 0 atom stereocenters. The van der Waals surface area contributed by atoms with Crippen molar-refractivity contribution in [1.82, 2.24) is 14.6 Å². The fraction of sp³-hybridized carbons (Fsp3) is 0.235. The maximum absolute atomic E-state index is 12.6. The van der Waals surface area contributed by atoms with Crippen molar-refractivity contribution >= 4 is 11.6 Å². The van der Waals surface area contributed by atoms with E-state index < -0.39 is 5.97 Å². The highest BCUT2D eigenvalue weighted by Gasteiger charge is 2.24. The first-order chi connectivity index (χ1) is 11.1. The standard InChI is InChI=1S/C17H15N3O3/c1-2-9-3-5-11-10(7-9)4-6-12-14(11)19-15-13(17(22)23)8-18-20(15)16(12)21/h3,5,7-8,18H,2,4,6H2,1H3,(H,22,23). The van der Waals surface area contributed by atoms with Crippen molar-refractivity contribution < 1.29 is 9.90 Å². The minimum absolute atomic E-state index is 0.00204. The first-order valence-electron chi connectivity index (χ1n) is 7.58. The van der Waals surface area contributed by atoms with Crippen molar-refractivity contribution in [2.24, 2.45) is 0 Å². The van der Waals surface area contributed by atoms with E-state index in [1.807, 2.05) is 12.1 Å². The van der Waals surface area contributed by atoms with Crippen molar-refractivity contribution in [3.05, 3.63) is 57.0 Å². The van der Waals surface area contributed by atoms with Crippen LogP contribution in [0.3, 0.4) is 0 Å². The Morgan fingerprint density at radius 1 is 1.39 bits per heavy atom. The van der Waals surface area contributed by atoms with Gasteiger partial charge in [-0.25, -0.2) is 14.3 Å². The quantitative estimate of drug-likeness (QED) is 0.758. The van der Waals surface area contributed by atoms with E-state index in [9.17, 15) is 14.7 Å². The molecule has 0 bridgehead atoms. The molecule has 0 saturated carbocycles. The van der Waals surface area contributed by atoms with E-state index in [4.69, 9.17) is 0 Å². The van der Waals surface area contributed by atoms with Crippen LogP contribution in [-0.2, 0) is 19.3 Å². The maximum Gasteiger partial charge on any atom is 0.341 e. The molecule has 4 rings (SSSR count). The first kappa shape index (κ1) is 13.8. The van der Waals surface area contributed by atoms with Crippen molar-refractivity contribution in [2.75, 3.05) is 0 Å². The van der Waals surface area contributed by atoms with Crippen LogP contribution in [0.4, 0.5) is 0 Å². The van der Waals surface area contributed by atoms with Crippen LogP contribution >= 0.6 is 0 Å². The number of aryl methyl sites for hydroxylation is 2. The van der Waals surface area contributed by atoms with Gasteiger partial charge < -0.3 is 5.11 Å². The monoisotopic (exact) mass is 309 g/mol. The van der Waals surface area contributed by atoms with Gasteiger partial charge in [0.1, 0.15) is 5.56 Å². The van der Waals surface area contributed by atoms with E-state index in [1.165, 1.54) is 21.8 Å². The Balaban J connectivity index is 2.04. The van der Waals surface area contributed by atoms with Crippen LogP contribution in [0.2, 0.25) is 0 Å². The molecular weight excluding hydrogens is 294 g/mol. The van der Waals surface area contributed by atoms with Gasteiger partial charge in [-0.1, -0.05) is 25.1 Å². The molecule has 23 heavy (non-hydrogen) atoms. The van der Waals surface area contributed by atoms with E-state index in [0.717, 1.165) is 18.4 Å². The number of H-pyrrole nitrogens is 1. The molecule has 3 aromatic rings. The highest BCUT2D eigenvalue weighted by Crippen LogP contribution is 2.31. The van der Waals surface area contributed by atoms with Crippen molar-refractivity contribution in [2.45, 2.75) is 26.2 Å². The van der Waals surface area contributed by atoms with Crippen molar-refractivity contribution in [1.29, 1.82) is 0 Å². The zero-order chi connectivity index (χ0) is 16.1. The number of benzene rings is 1. The number of carboxylic acid groups (broad SMARTS) is 1. The Bertz CT molecular complexity index is 1010. The lowest BCUT2D eigenvalue weighted by atomic mass is 9.88. The Morgan fingerprint density at radius 2 is 2.22 bits per heavy atom. The summed E-state index contributed by atoms with van der Waals surface area (Å²) in [4.78, 5) is 28.5. The second-order valence-corrected chi connectivity index (χ2v) is 5.74. The Kier molecular flexibility index (Phi) is 2.87. The lowest BCUT2D eigenvalue weighted by Crippen LogP contribution is -2.24. The van der Waals surface area contributed by atoms with Gasteiger partial charge in [-0.05, 0) is 30.4 Å². The van der Waals surface area contributed by atoms with Crippen molar-refractivity contribution in [3.63, 3.8) is 0 Å². The number of nitrogens with zero attached hydrogens (tertiary/aromatic N) is 2. The minimum atomic E-state index is -1.10. The molecule has 0 unspecified atom stereocenters. The van der Waals surface area contributed by atoms with E-state index in [1.54, 1.807) is 0 Å². The van der Waals surface area contributed by atoms with Gasteiger partial charge in [0.15, 0.2) is 5.65 Å². The van der Waals surface area contributed by atoms with Gasteiger partial charge >= 0.3 is 5.97 Å². The number of aromatic amines is 1. The Morgan fingerprint density at radius 3 is 2.96 bits per heavy atom. The SMILES string of the molecule is CCc1ccc2c(c1)CCc1c-2nc2c(C(=O)O)c[nH]n2c1=O. The summed E-state index contributed by atoms with van der Waals surface area (Å²) in [5, 5.41) is 11.9. The number of hydrogen-bond donors (Lipinski definition) is 2. The summed E-state index contributed by atoms with van der Waals surface area (Å²) in [5.41, 5.74) is 4.54. The molecule has 1 aliphatic rings. The molecule has 0 spiro atoms. The second kappa shape index (κ2) is 4.81. The van der Waals surface area contributed by atoms with Crippen LogP contribution in [-0.4, -0.2) is 25.7 Å². The molecule has 0 radical (unpaired) electrons. The molecule has 0 fully saturated rings. The highest BCUT2D eigenvalue weighted by molar-refractivity contribution is 5.94. The van der Waals surface area contributed by atoms with E-state index in [-0.39, 0.29) is 16.8 Å². The van der Waals surface area contributed by atoms with Gasteiger partial charge in [0.2, 0.25) is 0 Å². The molecule has 0 aliphatic heterocycles. The van der Waals surface area contributed by atoms with Crippen LogP contribution in [0.5, 0.6) is 0 Å². The Labute approximate surface area is 131 Å². The van der Waals surface area contributed by atoms with Gasteiger partial charge in [0.05, 0.1) is 5.69 Å². The molecule has 2 N–H and O–H groups in total. The van der Waals surface area contributed by atoms with Crippen LogP contribution in [0.15, 0.2) is 29.2 Å². The highest BCUT2D eigenvalue weighted by atomic mass is 16.4. The lowest BCUT2D eigenvalue weighted by molar-refractivity contribution is 0.0699. The minimum Gasteiger partial charge on any atom is -0.477 e. The largest absolute Gasteiger partial charge is 0.477 e. The molecule has 0 amide bonds. The average Bonchev–Trinajstić information content (AvgIpc) is 2.98. The summed E-state index contributed by atoms with van der Waals surface area (Å²) in [5.74, 6) is -1.10. The summed E-state index contributed by atoms with van der Waals surface area (Å²) in [7, 11) is 0. The van der Waals surface area contributed by atoms with Crippen LogP contribution in [0.1, 0.15) is 34.0 Å². The van der Waals surface area contributed by atoms with E-state index in [2.05, 4.69) is 23.1 Å². The summed E-state index contributed by atoms with van der Waals surface area (Å²) in [6.07, 6.45) is 3.67. The first-order valence-corrected chi connectivity index (χ1v) is 7.58. The van der Waals surface area contributed by atoms with Crippen LogP contribution < -0.4 is 5.56 Å². The molecular formula is C17H15N3O3. The summed E-state index contributed by atoms with van der Waals surface area (Å²) >= 11 is 0. The predicted octanol–water partition coefficient (Wildman–Crippen LogP) is 2.05. The molecule has 0 saturated heterocycles. The number of carbonyl (C=O) groups is 1. The molecule has 116 valence electrons. The normalized spacial score (nSPS) is 12.9. The third-order valence-corrected chi connectivity index (χ3v) is 4.46. The number of nitrogens with one attached hydrogen (secondary N) is 1. The smallest absolute Gasteiger partial charge is 0.341 e. The Hall–Kier alpha value is -2.89. The summed E-state index contributed by atoms with van der Waals surface area (Å²) in [6, 6.07) is 6.17. The molecule has 2 heterocycles. The molecule has 6 nitrogen and oxygen atoms in total. The fourth-order valence-corrected chi connectivity index (χ4v) is 3.22. The predicted molar refractivity (Wildman–Crippen MR) is 85.0 cm³/mol. The van der Waals surface area contributed by atoms with Gasteiger partial charge in [-0.15, -0.1) is 0 Å². The second-order valence-electron chi connectivity index (χ2n) is 5.74. The van der Waals surface area contributed by atoms with E-state index in [0.29, 0.717) is 17.7 Å². The summed E-state index contributed by atoms with van der Waals surface area (Å²) < 4.78 is 1.22. The van der Waals surface area contributed by atoms with Gasteiger partial charge in [0, 0.05) is 17.3 Å². The lowest BCUT2D eigenvalue weighted by Gasteiger charge is -2.19. The zero-order valence-electron chi connectivity index (χ0n) is 12.6. The summed E-state index contributed by atoms with van der Waals surface area (Å²) in [6.45, 7) is 2.10. The third kappa shape index (κ3) is 1.91. The number of fused-ring (bicyclic) bond motifs is 4. The number of rotatable bonds is 2. The zero-order valence-corrected chi connectivity index (χ0v) is 12.6. The van der Waals surface area contributed by atoms with E-state index >= 15 is 0 Å². The topological polar surface area (TPSA) is 87.5 Å². The van der Waals surface area contributed by atoms with Gasteiger partial charge in [-0.3, -0.25) is 9.89 Å². The molecule has 6 heteroatoms. The number of aromatic carboxylic acids is 1. The average molecular weight is 309 g/mol. The third-order valence-electron chi connectivity index (χ3n) is 4.46. The molecule has 1 aliphatic carbocycles. The number of carboxylic acids is 1. The molecule has 2 aromatic heterocycles. The fourth-order valence-electron chi connectivity index (χ4n) is 3.22. The van der Waals surface area contributed by atoms with Crippen LogP contribution in [0, 0.1) is 0 Å². The van der Waals surface area contributed by atoms with Crippen LogP contribution in [0.25, 0.3) is 16.9 Å². The molecule has 1 aromatic carbocycles.